The molecule has 0 radical (unpaired) electrons. The molecule has 3 unspecified atom stereocenters. The van der Waals surface area contributed by atoms with Crippen LogP contribution in [0.2, 0.25) is 0 Å². The Morgan fingerprint density at radius 2 is 2.00 bits per heavy atom. The molecule has 0 aromatic heterocycles. The molecule has 0 spiro atoms. The first kappa shape index (κ1) is 16.8. The van der Waals surface area contributed by atoms with Gasteiger partial charge in [-0.05, 0) is 18.8 Å². The first-order valence-corrected chi connectivity index (χ1v) is 7.32. The van der Waals surface area contributed by atoms with Crippen molar-refractivity contribution in [1.82, 2.24) is 10.6 Å². The number of carbonyl (C=O) groups excluding carboxylic acids is 1. The number of carboxylic acid groups (broad SMARTS) is 1. The maximum absolute atomic E-state index is 11.9. The Hall–Kier alpha value is -1.30. The molecule has 0 bridgehead atoms. The Labute approximate surface area is 120 Å². The molecule has 0 aliphatic heterocycles. The van der Waals surface area contributed by atoms with E-state index in [1.807, 2.05) is 0 Å². The van der Waals surface area contributed by atoms with Crippen LogP contribution in [0.5, 0.6) is 0 Å². The van der Waals surface area contributed by atoms with Gasteiger partial charge in [0.2, 0.25) is 0 Å². The van der Waals surface area contributed by atoms with Crippen molar-refractivity contribution < 1.29 is 19.4 Å². The van der Waals surface area contributed by atoms with Gasteiger partial charge in [0.1, 0.15) is 0 Å². The first-order valence-electron chi connectivity index (χ1n) is 7.32. The van der Waals surface area contributed by atoms with Crippen LogP contribution in [0.1, 0.15) is 45.4 Å². The number of hydrogen-bond acceptors (Lipinski definition) is 3. The third-order valence-corrected chi connectivity index (χ3v) is 3.90. The second kappa shape index (κ2) is 8.79. The summed E-state index contributed by atoms with van der Waals surface area (Å²) in [5.74, 6) is -0.447. The molecule has 20 heavy (non-hydrogen) atoms. The number of hydrogen-bond donors (Lipinski definition) is 3. The lowest BCUT2D eigenvalue weighted by Crippen LogP contribution is -2.47. The lowest BCUT2D eigenvalue weighted by atomic mass is 9.97. The van der Waals surface area contributed by atoms with Crippen LogP contribution in [0, 0.1) is 5.92 Å². The van der Waals surface area contributed by atoms with Crippen molar-refractivity contribution in [2.75, 3.05) is 13.7 Å². The molecule has 6 nitrogen and oxygen atoms in total. The Morgan fingerprint density at radius 3 is 2.65 bits per heavy atom. The zero-order valence-electron chi connectivity index (χ0n) is 12.4. The van der Waals surface area contributed by atoms with Gasteiger partial charge >= 0.3 is 12.0 Å². The van der Waals surface area contributed by atoms with Crippen LogP contribution in [-0.2, 0) is 9.53 Å². The molecule has 3 N–H and O–H groups in total. The number of nitrogens with one attached hydrogen (secondary N) is 2. The van der Waals surface area contributed by atoms with Gasteiger partial charge in [-0.1, -0.05) is 26.2 Å². The highest BCUT2D eigenvalue weighted by Gasteiger charge is 2.22. The van der Waals surface area contributed by atoms with Gasteiger partial charge in [-0.2, -0.15) is 0 Å². The van der Waals surface area contributed by atoms with Crippen LogP contribution >= 0.6 is 0 Å². The molecule has 3 atom stereocenters. The van der Waals surface area contributed by atoms with Gasteiger partial charge in [-0.25, -0.2) is 4.79 Å². The zero-order chi connectivity index (χ0) is 15.0. The monoisotopic (exact) mass is 286 g/mol. The first-order chi connectivity index (χ1) is 9.52. The molecule has 1 aliphatic carbocycles. The summed E-state index contributed by atoms with van der Waals surface area (Å²) in [5, 5.41) is 14.4. The molecule has 0 heterocycles. The molecule has 0 saturated heterocycles. The molecule has 1 saturated carbocycles. The van der Waals surface area contributed by atoms with E-state index in [-0.39, 0.29) is 25.0 Å². The minimum absolute atomic E-state index is 0.114. The third kappa shape index (κ3) is 6.23. The van der Waals surface area contributed by atoms with Crippen molar-refractivity contribution in [3.63, 3.8) is 0 Å². The lowest BCUT2D eigenvalue weighted by molar-refractivity contribution is -0.139. The van der Waals surface area contributed by atoms with Gasteiger partial charge in [0.25, 0.3) is 0 Å². The summed E-state index contributed by atoms with van der Waals surface area (Å²) >= 11 is 0. The van der Waals surface area contributed by atoms with E-state index in [0.29, 0.717) is 5.92 Å². The van der Waals surface area contributed by atoms with E-state index in [9.17, 15) is 9.59 Å². The third-order valence-electron chi connectivity index (χ3n) is 3.90. The minimum atomic E-state index is -0.934. The highest BCUT2D eigenvalue weighted by atomic mass is 16.5. The van der Waals surface area contributed by atoms with E-state index < -0.39 is 12.1 Å². The zero-order valence-corrected chi connectivity index (χ0v) is 12.4. The average Bonchev–Trinajstić information content (AvgIpc) is 2.59. The van der Waals surface area contributed by atoms with E-state index >= 15 is 0 Å². The van der Waals surface area contributed by atoms with Crippen molar-refractivity contribution in [2.45, 2.75) is 57.6 Å². The minimum Gasteiger partial charge on any atom is -0.481 e. The van der Waals surface area contributed by atoms with Crippen LogP contribution in [0.15, 0.2) is 0 Å². The van der Waals surface area contributed by atoms with E-state index in [0.717, 1.165) is 19.3 Å². The average molecular weight is 286 g/mol. The normalized spacial score (nSPS) is 24.5. The Morgan fingerprint density at radius 1 is 1.30 bits per heavy atom. The van der Waals surface area contributed by atoms with Gasteiger partial charge in [-0.15, -0.1) is 0 Å². The number of urea groups is 1. The molecular formula is C14H26N2O4. The maximum Gasteiger partial charge on any atom is 0.315 e. The van der Waals surface area contributed by atoms with Crippen molar-refractivity contribution in [3.05, 3.63) is 0 Å². The standard InChI is InChI=1S/C14H26N2O4/c1-10-6-4-3-5-7-12(10)16-14(19)15-9-11(20-2)8-13(17)18/h10-12H,3-9H2,1-2H3,(H,17,18)(H2,15,16,19). The number of amides is 2. The molecule has 6 heteroatoms. The molecule has 1 aliphatic rings. The summed E-state index contributed by atoms with van der Waals surface area (Å²) < 4.78 is 5.02. The van der Waals surface area contributed by atoms with Gasteiger partial charge in [0.05, 0.1) is 12.5 Å². The van der Waals surface area contributed by atoms with Crippen molar-refractivity contribution in [1.29, 1.82) is 0 Å². The Balaban J connectivity index is 2.32. The smallest absolute Gasteiger partial charge is 0.315 e. The summed E-state index contributed by atoms with van der Waals surface area (Å²) in [6.07, 6.45) is 5.15. The summed E-state index contributed by atoms with van der Waals surface area (Å²) in [5.41, 5.74) is 0. The number of rotatable bonds is 6. The fourth-order valence-corrected chi connectivity index (χ4v) is 2.57. The van der Waals surface area contributed by atoms with Gasteiger partial charge < -0.3 is 20.5 Å². The van der Waals surface area contributed by atoms with Crippen molar-refractivity contribution in [3.8, 4) is 0 Å². The van der Waals surface area contributed by atoms with Crippen LogP contribution in [0.25, 0.3) is 0 Å². The molecular weight excluding hydrogens is 260 g/mol. The number of ether oxygens (including phenoxy) is 1. The second-order valence-electron chi connectivity index (χ2n) is 5.53. The summed E-state index contributed by atoms with van der Waals surface area (Å²) in [4.78, 5) is 22.5. The number of carboxylic acids is 1. The molecule has 1 fully saturated rings. The SMILES string of the molecule is COC(CNC(=O)NC1CCCCCC1C)CC(=O)O. The summed E-state index contributed by atoms with van der Waals surface area (Å²) in [6, 6.07) is -0.0332. The van der Waals surface area contributed by atoms with Crippen molar-refractivity contribution in [2.24, 2.45) is 5.92 Å². The molecule has 0 aromatic rings. The summed E-state index contributed by atoms with van der Waals surface area (Å²) in [6.45, 7) is 2.37. The summed E-state index contributed by atoms with van der Waals surface area (Å²) in [7, 11) is 1.45. The Bertz CT molecular complexity index is 322. The second-order valence-corrected chi connectivity index (χ2v) is 5.53. The van der Waals surface area contributed by atoms with Gasteiger partial charge in [0, 0.05) is 19.7 Å². The van der Waals surface area contributed by atoms with E-state index in [1.165, 1.54) is 20.0 Å². The van der Waals surface area contributed by atoms with E-state index in [2.05, 4.69) is 17.6 Å². The van der Waals surface area contributed by atoms with Crippen LogP contribution < -0.4 is 10.6 Å². The number of methoxy groups -OCH3 is 1. The molecule has 0 aromatic carbocycles. The van der Waals surface area contributed by atoms with Gasteiger partial charge in [0.15, 0.2) is 0 Å². The highest BCUT2D eigenvalue weighted by molar-refractivity contribution is 5.74. The highest BCUT2D eigenvalue weighted by Crippen LogP contribution is 2.22. The number of aliphatic carboxylic acids is 1. The topological polar surface area (TPSA) is 87.7 Å². The number of carbonyl (C=O) groups is 2. The van der Waals surface area contributed by atoms with Crippen LogP contribution in [-0.4, -0.2) is 42.9 Å². The molecule has 2 amide bonds. The predicted octanol–water partition coefficient (Wildman–Crippen LogP) is 1.74. The largest absolute Gasteiger partial charge is 0.481 e. The van der Waals surface area contributed by atoms with E-state index in [4.69, 9.17) is 9.84 Å². The lowest BCUT2D eigenvalue weighted by Gasteiger charge is -2.23. The van der Waals surface area contributed by atoms with Crippen LogP contribution in [0.4, 0.5) is 4.79 Å². The predicted molar refractivity (Wildman–Crippen MR) is 75.6 cm³/mol. The maximum atomic E-state index is 11.9. The fraction of sp³-hybridized carbons (Fsp3) is 0.857. The molecule has 116 valence electrons. The fourth-order valence-electron chi connectivity index (χ4n) is 2.57. The van der Waals surface area contributed by atoms with Crippen molar-refractivity contribution >= 4 is 12.0 Å². The van der Waals surface area contributed by atoms with E-state index in [1.54, 1.807) is 0 Å². The quantitative estimate of drug-likeness (QED) is 0.649. The van der Waals surface area contributed by atoms with Crippen LogP contribution in [0.3, 0.4) is 0 Å². The Kier molecular flexibility index (Phi) is 7.36. The molecule has 1 rings (SSSR count). The van der Waals surface area contributed by atoms with Gasteiger partial charge in [-0.3, -0.25) is 4.79 Å².